The van der Waals surface area contributed by atoms with Gasteiger partial charge in [-0.25, -0.2) is 0 Å². The molecule has 1 aromatic heterocycles. The van der Waals surface area contributed by atoms with Gasteiger partial charge >= 0.3 is 0 Å². The third kappa shape index (κ3) is 2.39. The predicted octanol–water partition coefficient (Wildman–Crippen LogP) is 4.33. The van der Waals surface area contributed by atoms with E-state index < -0.39 is 0 Å². The zero-order valence-corrected chi connectivity index (χ0v) is 11.8. The Balaban J connectivity index is 2.53. The first-order valence-corrected chi connectivity index (χ1v) is 6.87. The second kappa shape index (κ2) is 5.21. The molecule has 0 bridgehead atoms. The Morgan fingerprint density at radius 1 is 1.18 bits per heavy atom. The number of halogens is 1. The van der Waals surface area contributed by atoms with Gasteiger partial charge in [-0.05, 0) is 49.0 Å². The van der Waals surface area contributed by atoms with Crippen molar-refractivity contribution in [2.45, 2.75) is 19.9 Å². The molecule has 1 heterocycles. The lowest BCUT2D eigenvalue weighted by Gasteiger charge is -2.20. The molecule has 2 rings (SSSR count). The molecule has 0 aliphatic carbocycles. The standard InChI is InChI=1S/C14H16ClNS/c1-9-5-4-6-10(2)12(9)13(16-3)14-11(15)7-8-17-14/h4-8,13,16H,1-3H3. The lowest BCUT2D eigenvalue weighted by Crippen LogP contribution is -2.19. The summed E-state index contributed by atoms with van der Waals surface area (Å²) in [6.07, 6.45) is 0. The van der Waals surface area contributed by atoms with Crippen LogP contribution in [0.3, 0.4) is 0 Å². The fraction of sp³-hybridized carbons (Fsp3) is 0.286. The van der Waals surface area contributed by atoms with E-state index in [0.717, 1.165) is 5.02 Å². The minimum absolute atomic E-state index is 0.184. The van der Waals surface area contributed by atoms with E-state index in [1.165, 1.54) is 21.6 Å². The van der Waals surface area contributed by atoms with Crippen LogP contribution >= 0.6 is 22.9 Å². The summed E-state index contributed by atoms with van der Waals surface area (Å²) in [5.74, 6) is 0. The lowest BCUT2D eigenvalue weighted by molar-refractivity contribution is 0.695. The highest BCUT2D eigenvalue weighted by molar-refractivity contribution is 7.10. The molecule has 1 N–H and O–H groups in total. The van der Waals surface area contributed by atoms with Gasteiger partial charge in [0.15, 0.2) is 0 Å². The Kier molecular flexibility index (Phi) is 3.87. The van der Waals surface area contributed by atoms with Gasteiger partial charge in [-0.1, -0.05) is 29.8 Å². The van der Waals surface area contributed by atoms with Crippen LogP contribution in [0.5, 0.6) is 0 Å². The average molecular weight is 266 g/mol. The molecule has 0 fully saturated rings. The molecule has 17 heavy (non-hydrogen) atoms. The number of hydrogen-bond acceptors (Lipinski definition) is 2. The van der Waals surface area contributed by atoms with Crippen LogP contribution in [0.25, 0.3) is 0 Å². The van der Waals surface area contributed by atoms with E-state index in [4.69, 9.17) is 11.6 Å². The van der Waals surface area contributed by atoms with Crippen LogP contribution < -0.4 is 5.32 Å². The fourth-order valence-electron chi connectivity index (χ4n) is 2.20. The SMILES string of the molecule is CNC(c1sccc1Cl)c1c(C)cccc1C. The normalized spacial score (nSPS) is 12.7. The molecule has 0 saturated heterocycles. The highest BCUT2D eigenvalue weighted by Crippen LogP contribution is 2.35. The second-order valence-electron chi connectivity index (χ2n) is 4.16. The first-order chi connectivity index (χ1) is 8.15. The summed E-state index contributed by atoms with van der Waals surface area (Å²) in [5, 5.41) is 6.25. The Hall–Kier alpha value is -0.830. The summed E-state index contributed by atoms with van der Waals surface area (Å²) >= 11 is 7.94. The summed E-state index contributed by atoms with van der Waals surface area (Å²) < 4.78 is 0. The monoisotopic (exact) mass is 265 g/mol. The van der Waals surface area contributed by atoms with E-state index in [-0.39, 0.29) is 6.04 Å². The van der Waals surface area contributed by atoms with Crippen LogP contribution in [0.15, 0.2) is 29.6 Å². The van der Waals surface area contributed by atoms with Gasteiger partial charge in [0.05, 0.1) is 11.1 Å². The molecule has 0 aliphatic heterocycles. The lowest BCUT2D eigenvalue weighted by atomic mass is 9.95. The first kappa shape index (κ1) is 12.6. The van der Waals surface area contributed by atoms with Crippen molar-refractivity contribution < 1.29 is 0 Å². The molecule has 1 nitrogen and oxygen atoms in total. The van der Waals surface area contributed by atoms with Crippen LogP contribution in [0, 0.1) is 13.8 Å². The van der Waals surface area contributed by atoms with Crippen LogP contribution in [0.2, 0.25) is 5.02 Å². The number of hydrogen-bond donors (Lipinski definition) is 1. The topological polar surface area (TPSA) is 12.0 Å². The van der Waals surface area contributed by atoms with Crippen LogP contribution in [-0.2, 0) is 0 Å². The number of aryl methyl sites for hydroxylation is 2. The molecular formula is C14H16ClNS. The summed E-state index contributed by atoms with van der Waals surface area (Å²) in [5.41, 5.74) is 3.93. The number of thiophene rings is 1. The quantitative estimate of drug-likeness (QED) is 0.871. The van der Waals surface area contributed by atoms with Crippen molar-refractivity contribution in [1.29, 1.82) is 0 Å². The maximum absolute atomic E-state index is 6.24. The van der Waals surface area contributed by atoms with Crippen molar-refractivity contribution in [3.8, 4) is 0 Å². The van der Waals surface area contributed by atoms with Crippen molar-refractivity contribution in [2.75, 3.05) is 7.05 Å². The average Bonchev–Trinajstić information content (AvgIpc) is 2.70. The molecule has 90 valence electrons. The zero-order chi connectivity index (χ0) is 12.4. The molecule has 1 aromatic carbocycles. The van der Waals surface area contributed by atoms with Crippen molar-refractivity contribution >= 4 is 22.9 Å². The zero-order valence-electron chi connectivity index (χ0n) is 10.3. The molecule has 0 spiro atoms. The molecule has 0 amide bonds. The van der Waals surface area contributed by atoms with Gasteiger partial charge in [0.2, 0.25) is 0 Å². The molecule has 0 radical (unpaired) electrons. The minimum atomic E-state index is 0.184. The smallest absolute Gasteiger partial charge is 0.0688 e. The third-order valence-electron chi connectivity index (χ3n) is 3.03. The van der Waals surface area contributed by atoms with Gasteiger partial charge in [-0.2, -0.15) is 0 Å². The Morgan fingerprint density at radius 2 is 1.82 bits per heavy atom. The molecular weight excluding hydrogens is 250 g/mol. The predicted molar refractivity (Wildman–Crippen MR) is 76.1 cm³/mol. The summed E-state index contributed by atoms with van der Waals surface area (Å²) in [4.78, 5) is 1.19. The minimum Gasteiger partial charge on any atom is -0.309 e. The van der Waals surface area contributed by atoms with Gasteiger partial charge in [-0.15, -0.1) is 11.3 Å². The molecule has 0 aliphatic rings. The van der Waals surface area contributed by atoms with Crippen molar-refractivity contribution in [3.63, 3.8) is 0 Å². The van der Waals surface area contributed by atoms with Crippen molar-refractivity contribution in [1.82, 2.24) is 5.32 Å². The molecule has 2 aromatic rings. The third-order valence-corrected chi connectivity index (χ3v) is 4.45. The van der Waals surface area contributed by atoms with Gasteiger partial charge in [0.25, 0.3) is 0 Å². The summed E-state index contributed by atoms with van der Waals surface area (Å²) in [7, 11) is 1.98. The van der Waals surface area contributed by atoms with Crippen LogP contribution in [0.4, 0.5) is 0 Å². The van der Waals surface area contributed by atoms with Crippen LogP contribution in [0.1, 0.15) is 27.6 Å². The maximum Gasteiger partial charge on any atom is 0.0688 e. The van der Waals surface area contributed by atoms with E-state index in [0.29, 0.717) is 0 Å². The van der Waals surface area contributed by atoms with E-state index in [1.54, 1.807) is 11.3 Å². The largest absolute Gasteiger partial charge is 0.309 e. The van der Waals surface area contributed by atoms with E-state index in [2.05, 4.69) is 37.4 Å². The van der Waals surface area contributed by atoms with Crippen molar-refractivity contribution in [3.05, 3.63) is 56.2 Å². The Labute approximate surface area is 111 Å². The molecule has 3 heteroatoms. The van der Waals surface area contributed by atoms with Gasteiger partial charge in [-0.3, -0.25) is 0 Å². The molecule has 1 atom stereocenters. The number of benzene rings is 1. The Morgan fingerprint density at radius 3 is 2.29 bits per heavy atom. The first-order valence-electron chi connectivity index (χ1n) is 5.61. The maximum atomic E-state index is 6.24. The summed E-state index contributed by atoms with van der Waals surface area (Å²) in [6.45, 7) is 4.29. The van der Waals surface area contributed by atoms with Crippen LogP contribution in [-0.4, -0.2) is 7.05 Å². The highest BCUT2D eigenvalue weighted by atomic mass is 35.5. The van der Waals surface area contributed by atoms with Gasteiger partial charge in [0, 0.05) is 4.88 Å². The van der Waals surface area contributed by atoms with E-state index >= 15 is 0 Å². The summed E-state index contributed by atoms with van der Waals surface area (Å²) in [6, 6.07) is 8.53. The number of rotatable bonds is 3. The Bertz CT molecular complexity index is 498. The fourth-order valence-corrected chi connectivity index (χ4v) is 3.48. The van der Waals surface area contributed by atoms with E-state index in [1.807, 2.05) is 18.5 Å². The van der Waals surface area contributed by atoms with E-state index in [9.17, 15) is 0 Å². The van der Waals surface area contributed by atoms with Crippen molar-refractivity contribution in [2.24, 2.45) is 0 Å². The van der Waals surface area contributed by atoms with Gasteiger partial charge in [0.1, 0.15) is 0 Å². The second-order valence-corrected chi connectivity index (χ2v) is 5.51. The highest BCUT2D eigenvalue weighted by Gasteiger charge is 2.19. The number of nitrogens with one attached hydrogen (secondary N) is 1. The molecule has 0 saturated carbocycles. The molecule has 1 unspecified atom stereocenters. The van der Waals surface area contributed by atoms with Gasteiger partial charge < -0.3 is 5.32 Å².